The number of rotatable bonds is 27. The molecule has 0 aliphatic heterocycles. The highest BCUT2D eigenvalue weighted by Gasteiger charge is 2.21. The Kier molecular flexibility index (Phi) is 44.3. The van der Waals surface area contributed by atoms with E-state index < -0.39 is 0 Å². The Balaban J connectivity index is 0.000000306. The molecule has 0 spiro atoms. The third-order valence-electron chi connectivity index (χ3n) is 15.0. The standard InChI is InChI=1S/2C21H25Cl2N2.C12H11Br.C9H14Cl2N2.C6H13Br.C3H2Cl2N2.2BrH/c2*1-2-3-4-7-13-24-16-25(21(23)20(24)22)14-12-17-10-11-18-8-5-6-9-19(18)15-17;13-8-7-10-5-6-11-3-1-2-4-12(11)9-10;1-2-3-4-5-6-13-7-12-8(10)9(13)11;1-2-3-4-5-6-7;4-2-3(5)7-1-6-2;;/h2*5-6,8-11,15-16H,2-4,7,12-14H2,1H3;1-6,9H,7-8H2;7H,2-6H2,1H3;2-6H2,1H3;1H,(H,6,7);2*1H/q2*+1;;;;;;/p-2. The van der Waals surface area contributed by atoms with Gasteiger partial charge in [-0.2, -0.15) is 0 Å². The van der Waals surface area contributed by atoms with Gasteiger partial charge in [0, 0.05) is 30.0 Å². The first-order valence-electron chi connectivity index (χ1n) is 31.9. The van der Waals surface area contributed by atoms with Crippen molar-refractivity contribution in [3.05, 3.63) is 211 Å². The second-order valence-corrected chi connectivity index (χ2v) is 26.6. The number of halogens is 12. The van der Waals surface area contributed by atoms with Crippen molar-refractivity contribution in [2.24, 2.45) is 0 Å². The molecule has 0 saturated carbocycles. The molecule has 0 aliphatic carbocycles. The van der Waals surface area contributed by atoms with Crippen molar-refractivity contribution in [3.63, 3.8) is 0 Å². The van der Waals surface area contributed by atoms with Crippen LogP contribution in [0.15, 0.2) is 153 Å². The minimum Gasteiger partial charge on any atom is -1.00 e. The average Bonchev–Trinajstić information content (AvgIpc) is 1.62. The maximum Gasteiger partial charge on any atom is 0.255 e. The Hall–Kier alpha value is -2.82. The molecular weight excluding hydrogens is 1580 g/mol. The predicted molar refractivity (Wildman–Crippen MR) is 397 cm³/mol. The second kappa shape index (κ2) is 48.8. The van der Waals surface area contributed by atoms with Crippen LogP contribution in [-0.4, -0.2) is 39.3 Å². The molecule has 0 saturated heterocycles. The van der Waals surface area contributed by atoms with Crippen LogP contribution >= 0.6 is 125 Å². The summed E-state index contributed by atoms with van der Waals surface area (Å²) < 4.78 is 10.1. The molecular formula is C72H90Br4Cl8N8. The molecule has 10 aromatic rings. The van der Waals surface area contributed by atoms with Crippen LogP contribution in [0, 0.1) is 0 Å². The SMILES string of the molecule is BrCCc1ccc2ccccc2c1.CCCCCCBr.CCCCCC[n+]1cn(CCc2ccc3ccccc3c2)c(Cl)c1Cl.CCCCCC[n+]1cn(CCc2ccc3ccccc3c2)c(Cl)c1Cl.CCCCCCn1cnc(Cl)c1Cl.Clc1nc[nH]c1Cl.[Br-].[Br-]. The number of H-pyrrole nitrogens is 1. The molecule has 502 valence electrons. The minimum atomic E-state index is 0. The van der Waals surface area contributed by atoms with Gasteiger partial charge in [0.1, 0.15) is 10.3 Å². The van der Waals surface area contributed by atoms with E-state index in [0.29, 0.717) is 41.2 Å². The van der Waals surface area contributed by atoms with Crippen LogP contribution < -0.4 is 43.1 Å². The molecule has 0 atom stereocenters. The first-order chi connectivity index (χ1) is 43.7. The number of nitrogens with zero attached hydrogens (tertiary/aromatic N) is 7. The lowest BCUT2D eigenvalue weighted by atomic mass is 10.1. The topological polar surface area (TPSA) is 64.1 Å². The minimum absolute atomic E-state index is 0. The van der Waals surface area contributed by atoms with Crippen molar-refractivity contribution in [1.29, 1.82) is 0 Å². The zero-order valence-corrected chi connectivity index (χ0v) is 65.9. The Morgan fingerprint density at radius 3 is 1.12 bits per heavy atom. The molecule has 92 heavy (non-hydrogen) atoms. The summed E-state index contributed by atoms with van der Waals surface area (Å²) in [6, 6.07) is 45.3. The van der Waals surface area contributed by atoms with Crippen LogP contribution in [0.4, 0.5) is 0 Å². The number of hydrogen-bond donors (Lipinski definition) is 1. The summed E-state index contributed by atoms with van der Waals surface area (Å²) in [6.45, 7) is 13.3. The van der Waals surface area contributed by atoms with Crippen LogP contribution in [-0.2, 0) is 52.0 Å². The van der Waals surface area contributed by atoms with Gasteiger partial charge in [-0.05, 0) is 140 Å². The predicted octanol–water partition coefficient (Wildman–Crippen LogP) is 18.4. The fraction of sp³-hybridized carbons (Fsp3) is 0.417. The van der Waals surface area contributed by atoms with Gasteiger partial charge in [-0.15, -0.1) is 0 Å². The van der Waals surface area contributed by atoms with Gasteiger partial charge in [0.05, 0.1) is 38.8 Å². The molecule has 0 unspecified atom stereocenters. The molecule has 0 aliphatic rings. The maximum absolute atomic E-state index is 6.43. The monoisotopic (exact) mass is 1660 g/mol. The van der Waals surface area contributed by atoms with E-state index in [1.807, 2.05) is 4.57 Å². The van der Waals surface area contributed by atoms with E-state index >= 15 is 0 Å². The number of imidazole rings is 4. The van der Waals surface area contributed by atoms with E-state index in [-0.39, 0.29) is 34.0 Å². The van der Waals surface area contributed by atoms with Crippen molar-refractivity contribution < 1.29 is 43.1 Å². The quantitative estimate of drug-likeness (QED) is 0.0317. The summed E-state index contributed by atoms with van der Waals surface area (Å²) >= 11 is 54.8. The molecule has 6 aromatic carbocycles. The Labute approximate surface area is 626 Å². The van der Waals surface area contributed by atoms with Crippen molar-refractivity contribution in [2.75, 3.05) is 10.7 Å². The van der Waals surface area contributed by atoms with E-state index in [9.17, 15) is 0 Å². The molecule has 0 radical (unpaired) electrons. The summed E-state index contributed by atoms with van der Waals surface area (Å²) in [7, 11) is 0. The highest BCUT2D eigenvalue weighted by Crippen LogP contribution is 2.25. The van der Waals surface area contributed by atoms with Crippen LogP contribution in [0.25, 0.3) is 32.3 Å². The van der Waals surface area contributed by atoms with Crippen LogP contribution in [0.5, 0.6) is 0 Å². The molecule has 0 fully saturated rings. The number of aromatic amines is 1. The van der Waals surface area contributed by atoms with Gasteiger partial charge >= 0.3 is 0 Å². The summed E-state index contributed by atoms with van der Waals surface area (Å²) in [5, 5.41) is 14.2. The number of aryl methyl sites for hydroxylation is 8. The van der Waals surface area contributed by atoms with Gasteiger partial charge in [0.2, 0.25) is 12.7 Å². The van der Waals surface area contributed by atoms with Gasteiger partial charge in [0.25, 0.3) is 20.6 Å². The number of benzene rings is 6. The Morgan fingerprint density at radius 1 is 0.391 bits per heavy atom. The van der Waals surface area contributed by atoms with Gasteiger partial charge < -0.3 is 43.5 Å². The largest absolute Gasteiger partial charge is 1.00 e. The lowest BCUT2D eigenvalue weighted by Gasteiger charge is -2.03. The maximum atomic E-state index is 6.43. The lowest BCUT2D eigenvalue weighted by molar-refractivity contribution is -0.694. The van der Waals surface area contributed by atoms with Crippen LogP contribution in [0.3, 0.4) is 0 Å². The van der Waals surface area contributed by atoms with Crippen LogP contribution in [0.1, 0.15) is 147 Å². The summed E-state index contributed by atoms with van der Waals surface area (Å²) in [5.74, 6) is 0. The van der Waals surface area contributed by atoms with E-state index in [0.717, 1.165) is 76.6 Å². The van der Waals surface area contributed by atoms with Crippen molar-refractivity contribution in [2.45, 2.75) is 182 Å². The van der Waals surface area contributed by atoms with Gasteiger partial charge in [-0.25, -0.2) is 28.2 Å². The van der Waals surface area contributed by atoms with Gasteiger partial charge in [-0.3, -0.25) is 0 Å². The highest BCUT2D eigenvalue weighted by atomic mass is 79.9. The molecule has 8 nitrogen and oxygen atoms in total. The number of unbranched alkanes of at least 4 members (excludes halogenated alkanes) is 12. The normalized spacial score (nSPS) is 10.6. The number of nitrogens with one attached hydrogen (secondary N) is 1. The van der Waals surface area contributed by atoms with E-state index in [1.54, 1.807) is 6.33 Å². The fourth-order valence-corrected chi connectivity index (χ4v) is 12.2. The summed E-state index contributed by atoms with van der Waals surface area (Å²) in [6.07, 6.45) is 30.4. The van der Waals surface area contributed by atoms with Crippen molar-refractivity contribution in [3.8, 4) is 0 Å². The molecule has 4 heterocycles. The zero-order chi connectivity index (χ0) is 64.9. The zero-order valence-electron chi connectivity index (χ0n) is 53.5. The molecule has 0 amide bonds. The third-order valence-corrected chi connectivity index (χ3v) is 19.2. The van der Waals surface area contributed by atoms with Crippen LogP contribution in [0.2, 0.25) is 41.2 Å². The Bertz CT molecular complexity index is 3450. The molecule has 0 bridgehead atoms. The smallest absolute Gasteiger partial charge is 0.255 e. The van der Waals surface area contributed by atoms with Crippen molar-refractivity contribution in [1.82, 2.24) is 28.7 Å². The van der Waals surface area contributed by atoms with Gasteiger partial charge in [0.15, 0.2) is 10.3 Å². The molecule has 4 aromatic heterocycles. The van der Waals surface area contributed by atoms with E-state index in [4.69, 9.17) is 92.8 Å². The summed E-state index contributed by atoms with van der Waals surface area (Å²) in [4.78, 5) is 10.1. The third kappa shape index (κ3) is 29.9. The lowest BCUT2D eigenvalue weighted by Crippen LogP contribution is -3.00. The first-order valence-corrected chi connectivity index (χ1v) is 37.1. The highest BCUT2D eigenvalue weighted by molar-refractivity contribution is 9.09. The fourth-order valence-electron chi connectivity index (χ4n) is 9.84. The van der Waals surface area contributed by atoms with E-state index in [2.05, 4.69) is 233 Å². The summed E-state index contributed by atoms with van der Waals surface area (Å²) in [5.41, 5.74) is 4.03. The first kappa shape index (κ1) is 83.4. The second-order valence-electron chi connectivity index (χ2n) is 22.1. The van der Waals surface area contributed by atoms with Crippen molar-refractivity contribution >= 4 is 157 Å². The molecule has 20 heteroatoms. The number of aromatic nitrogens is 8. The number of fused-ring (bicyclic) bond motifs is 3. The average molecular weight is 1670 g/mol. The van der Waals surface area contributed by atoms with E-state index in [1.165, 1.54) is 144 Å². The van der Waals surface area contributed by atoms with Gasteiger partial charge in [-0.1, -0.05) is 298 Å². The Morgan fingerprint density at radius 2 is 0.783 bits per heavy atom. The molecule has 1 N–H and O–H groups in total. The number of alkyl halides is 2. The molecule has 10 rings (SSSR count). The number of hydrogen-bond acceptors (Lipinski definition) is 2.